The van der Waals surface area contributed by atoms with Crippen molar-refractivity contribution in [2.45, 2.75) is 53.0 Å². The molecule has 0 spiro atoms. The van der Waals surface area contributed by atoms with Crippen LogP contribution >= 0.6 is 0 Å². The molecular formula is C31H33NO4. The number of Topliss-reactive ketones (excluding diaryl/α,β-unsaturated/α-hetero) is 1. The number of nitrogens with zero attached hydrogens (tertiary/aromatic N) is 1. The smallest absolute Gasteiger partial charge is 0.300 e. The molecule has 5 heteroatoms. The first-order valence-electron chi connectivity index (χ1n) is 12.2. The molecule has 1 amide bonds. The highest BCUT2D eigenvalue weighted by molar-refractivity contribution is 6.51. The summed E-state index contributed by atoms with van der Waals surface area (Å²) >= 11 is 0. The molecule has 1 atom stereocenters. The SMILES string of the molecule is CCOc1ccc(/C(O)=C2/C(=O)C(=O)N(c3cc(C)cc(C)c3)C2c2ccccc2)cc1C(C)(C)C. The van der Waals surface area contributed by atoms with Crippen molar-refractivity contribution in [3.63, 3.8) is 0 Å². The maximum Gasteiger partial charge on any atom is 0.300 e. The third-order valence-electron chi connectivity index (χ3n) is 6.41. The topological polar surface area (TPSA) is 66.8 Å². The summed E-state index contributed by atoms with van der Waals surface area (Å²) in [7, 11) is 0. The molecule has 0 bridgehead atoms. The van der Waals surface area contributed by atoms with Crippen molar-refractivity contribution >= 4 is 23.1 Å². The largest absolute Gasteiger partial charge is 0.507 e. The molecule has 1 unspecified atom stereocenters. The molecule has 4 rings (SSSR count). The number of aryl methyl sites for hydroxylation is 2. The third-order valence-corrected chi connectivity index (χ3v) is 6.41. The van der Waals surface area contributed by atoms with Gasteiger partial charge in [-0.25, -0.2) is 0 Å². The van der Waals surface area contributed by atoms with Crippen LogP contribution in [0, 0.1) is 13.8 Å². The minimum absolute atomic E-state index is 0.0781. The summed E-state index contributed by atoms with van der Waals surface area (Å²) in [6, 6.07) is 19.8. The molecule has 36 heavy (non-hydrogen) atoms. The number of carbonyl (C=O) groups excluding carboxylic acids is 2. The number of amides is 1. The van der Waals surface area contributed by atoms with Gasteiger partial charge in [0.15, 0.2) is 0 Å². The summed E-state index contributed by atoms with van der Waals surface area (Å²) in [5, 5.41) is 11.6. The maximum absolute atomic E-state index is 13.5. The van der Waals surface area contributed by atoms with Gasteiger partial charge in [-0.05, 0) is 73.2 Å². The minimum Gasteiger partial charge on any atom is -0.507 e. The van der Waals surface area contributed by atoms with E-state index >= 15 is 0 Å². The Morgan fingerprint density at radius 1 is 0.944 bits per heavy atom. The van der Waals surface area contributed by atoms with Gasteiger partial charge in [0.1, 0.15) is 11.5 Å². The van der Waals surface area contributed by atoms with Crippen LogP contribution in [-0.4, -0.2) is 23.4 Å². The summed E-state index contributed by atoms with van der Waals surface area (Å²) in [5.41, 5.74) is 4.56. The molecule has 1 N–H and O–H groups in total. The number of anilines is 1. The van der Waals surface area contributed by atoms with Gasteiger partial charge in [-0.3, -0.25) is 14.5 Å². The Morgan fingerprint density at radius 3 is 2.17 bits per heavy atom. The fourth-order valence-corrected chi connectivity index (χ4v) is 4.84. The van der Waals surface area contributed by atoms with E-state index in [0.717, 1.165) is 28.0 Å². The molecule has 0 saturated carbocycles. The number of hydrogen-bond acceptors (Lipinski definition) is 4. The quantitative estimate of drug-likeness (QED) is 0.251. The Balaban J connectivity index is 1.95. The zero-order valence-electron chi connectivity index (χ0n) is 21.8. The number of rotatable bonds is 5. The standard InChI is InChI=1S/C31H33NO4/c1-7-36-25-14-13-22(18-24(25)31(4,5)6)28(33)26-27(21-11-9-8-10-12-21)32(30(35)29(26)34)23-16-19(2)15-20(3)17-23/h8-18,27,33H,7H2,1-6H3/b28-26-. The van der Waals surface area contributed by atoms with Gasteiger partial charge >= 0.3 is 0 Å². The molecule has 0 aliphatic carbocycles. The Labute approximate surface area is 213 Å². The summed E-state index contributed by atoms with van der Waals surface area (Å²) in [4.78, 5) is 28.4. The average Bonchev–Trinajstić information content (AvgIpc) is 3.09. The van der Waals surface area contributed by atoms with E-state index in [1.54, 1.807) is 6.07 Å². The van der Waals surface area contributed by atoms with Crippen molar-refractivity contribution in [2.75, 3.05) is 11.5 Å². The molecule has 1 aliphatic heterocycles. The predicted octanol–water partition coefficient (Wildman–Crippen LogP) is 6.63. The molecule has 3 aromatic rings. The highest BCUT2D eigenvalue weighted by atomic mass is 16.5. The van der Waals surface area contributed by atoms with Crippen LogP contribution in [0.25, 0.3) is 5.76 Å². The van der Waals surface area contributed by atoms with Gasteiger partial charge in [-0.15, -0.1) is 0 Å². The van der Waals surface area contributed by atoms with Crippen molar-refractivity contribution in [3.05, 3.63) is 100 Å². The molecule has 1 saturated heterocycles. The minimum atomic E-state index is -0.753. The normalized spacial score (nSPS) is 17.5. The Hall–Kier alpha value is -3.86. The van der Waals surface area contributed by atoms with Crippen LogP contribution in [-0.2, 0) is 15.0 Å². The number of aliphatic hydroxyl groups is 1. The molecule has 0 radical (unpaired) electrons. The van der Waals surface area contributed by atoms with E-state index in [9.17, 15) is 14.7 Å². The van der Waals surface area contributed by atoms with Gasteiger partial charge in [0, 0.05) is 16.8 Å². The van der Waals surface area contributed by atoms with Crippen LogP contribution in [0.4, 0.5) is 5.69 Å². The lowest BCUT2D eigenvalue weighted by Gasteiger charge is -2.26. The average molecular weight is 484 g/mol. The van der Waals surface area contributed by atoms with Crippen LogP contribution in [0.3, 0.4) is 0 Å². The van der Waals surface area contributed by atoms with Crippen molar-refractivity contribution in [1.82, 2.24) is 0 Å². The fraction of sp³-hybridized carbons (Fsp3) is 0.290. The zero-order valence-corrected chi connectivity index (χ0v) is 21.8. The number of benzene rings is 3. The van der Waals surface area contributed by atoms with E-state index in [-0.39, 0.29) is 16.7 Å². The van der Waals surface area contributed by atoms with Crippen molar-refractivity contribution in [3.8, 4) is 5.75 Å². The van der Waals surface area contributed by atoms with E-state index in [1.807, 2.05) is 81.4 Å². The number of hydrogen-bond donors (Lipinski definition) is 1. The van der Waals surface area contributed by atoms with Crippen molar-refractivity contribution < 1.29 is 19.4 Å². The number of aliphatic hydroxyl groups excluding tert-OH is 1. The lowest BCUT2D eigenvalue weighted by molar-refractivity contribution is -0.132. The van der Waals surface area contributed by atoms with Gasteiger partial charge < -0.3 is 9.84 Å². The summed E-state index contributed by atoms with van der Waals surface area (Å²) < 4.78 is 5.82. The second kappa shape index (κ2) is 9.65. The van der Waals surface area contributed by atoms with Crippen LogP contribution in [0.2, 0.25) is 0 Å². The summed E-state index contributed by atoms with van der Waals surface area (Å²) in [6.45, 7) is 12.6. The molecule has 3 aromatic carbocycles. The molecule has 186 valence electrons. The van der Waals surface area contributed by atoms with E-state index in [2.05, 4.69) is 20.8 Å². The first-order valence-corrected chi connectivity index (χ1v) is 12.2. The number of ether oxygens (including phenoxy) is 1. The zero-order chi connectivity index (χ0) is 26.2. The van der Waals surface area contributed by atoms with E-state index in [0.29, 0.717) is 17.9 Å². The number of carbonyl (C=O) groups is 2. The van der Waals surface area contributed by atoms with Crippen LogP contribution in [0.15, 0.2) is 72.3 Å². The molecule has 1 fully saturated rings. The second-order valence-corrected chi connectivity index (χ2v) is 10.3. The molecule has 0 aromatic heterocycles. The van der Waals surface area contributed by atoms with Gasteiger partial charge in [0.2, 0.25) is 0 Å². The lowest BCUT2D eigenvalue weighted by atomic mass is 9.84. The monoisotopic (exact) mass is 483 g/mol. The second-order valence-electron chi connectivity index (χ2n) is 10.3. The van der Waals surface area contributed by atoms with Gasteiger partial charge in [0.05, 0.1) is 18.2 Å². The highest BCUT2D eigenvalue weighted by Crippen LogP contribution is 2.43. The van der Waals surface area contributed by atoms with Crippen molar-refractivity contribution in [2.24, 2.45) is 0 Å². The van der Waals surface area contributed by atoms with Gasteiger partial charge in [0.25, 0.3) is 11.7 Å². The Morgan fingerprint density at radius 2 is 1.58 bits per heavy atom. The van der Waals surface area contributed by atoms with E-state index < -0.39 is 17.7 Å². The molecule has 5 nitrogen and oxygen atoms in total. The van der Waals surface area contributed by atoms with Crippen LogP contribution in [0.1, 0.15) is 61.6 Å². The van der Waals surface area contributed by atoms with Crippen LogP contribution in [0.5, 0.6) is 5.75 Å². The molecular weight excluding hydrogens is 450 g/mol. The van der Waals surface area contributed by atoms with Crippen molar-refractivity contribution in [1.29, 1.82) is 0 Å². The summed E-state index contributed by atoms with van der Waals surface area (Å²) in [5.74, 6) is -0.816. The lowest BCUT2D eigenvalue weighted by Crippen LogP contribution is -2.29. The summed E-state index contributed by atoms with van der Waals surface area (Å²) in [6.07, 6.45) is 0. The third kappa shape index (κ3) is 4.66. The van der Waals surface area contributed by atoms with E-state index in [4.69, 9.17) is 4.74 Å². The van der Waals surface area contributed by atoms with Crippen LogP contribution < -0.4 is 9.64 Å². The molecule has 1 heterocycles. The first-order chi connectivity index (χ1) is 17.0. The van der Waals surface area contributed by atoms with Gasteiger partial charge in [-0.1, -0.05) is 57.2 Å². The first kappa shape index (κ1) is 25.2. The Kier molecular flexibility index (Phi) is 6.77. The molecule has 1 aliphatic rings. The van der Waals surface area contributed by atoms with Gasteiger partial charge in [-0.2, -0.15) is 0 Å². The maximum atomic E-state index is 13.5. The fourth-order valence-electron chi connectivity index (χ4n) is 4.84. The highest BCUT2D eigenvalue weighted by Gasteiger charge is 2.47. The predicted molar refractivity (Wildman–Crippen MR) is 143 cm³/mol. The number of ketones is 1. The Bertz CT molecular complexity index is 1330. The van der Waals surface area contributed by atoms with E-state index in [1.165, 1.54) is 4.90 Å².